The highest BCUT2D eigenvalue weighted by Crippen LogP contribution is 2.30. The van der Waals surface area contributed by atoms with Crippen molar-refractivity contribution in [2.75, 3.05) is 6.61 Å². The molecule has 24 heavy (non-hydrogen) atoms. The van der Waals surface area contributed by atoms with Gasteiger partial charge in [0.1, 0.15) is 5.56 Å². The van der Waals surface area contributed by atoms with Crippen molar-refractivity contribution in [3.63, 3.8) is 0 Å². The SMILES string of the molecule is CCOC(=O)c1c(-c2ccccc2)nc(=S)[nH]c1-c1ccccc1. The van der Waals surface area contributed by atoms with Gasteiger partial charge in [0, 0.05) is 5.56 Å². The van der Waals surface area contributed by atoms with Gasteiger partial charge in [0.15, 0.2) is 4.77 Å². The maximum absolute atomic E-state index is 12.6. The summed E-state index contributed by atoms with van der Waals surface area (Å²) in [6.45, 7) is 2.07. The molecular weight excluding hydrogens is 320 g/mol. The number of aromatic nitrogens is 2. The summed E-state index contributed by atoms with van der Waals surface area (Å²) in [4.78, 5) is 20.1. The predicted octanol–water partition coefficient (Wildman–Crippen LogP) is 4.65. The van der Waals surface area contributed by atoms with E-state index in [-0.39, 0.29) is 6.61 Å². The van der Waals surface area contributed by atoms with Crippen molar-refractivity contribution >= 4 is 18.2 Å². The molecule has 0 atom stereocenters. The molecule has 5 heteroatoms. The van der Waals surface area contributed by atoms with E-state index in [1.54, 1.807) is 6.92 Å². The summed E-state index contributed by atoms with van der Waals surface area (Å²) in [6, 6.07) is 19.1. The third-order valence-corrected chi connectivity index (χ3v) is 3.71. The third kappa shape index (κ3) is 3.26. The highest BCUT2D eigenvalue weighted by molar-refractivity contribution is 7.71. The number of hydrogen-bond donors (Lipinski definition) is 1. The number of hydrogen-bond acceptors (Lipinski definition) is 4. The van der Waals surface area contributed by atoms with Gasteiger partial charge in [-0.05, 0) is 24.7 Å². The molecule has 1 N–H and O–H groups in total. The van der Waals surface area contributed by atoms with Crippen molar-refractivity contribution in [1.82, 2.24) is 9.97 Å². The molecule has 0 spiro atoms. The second-order valence-corrected chi connectivity index (χ2v) is 5.48. The summed E-state index contributed by atoms with van der Waals surface area (Å²) in [5.41, 5.74) is 3.21. The molecule has 0 amide bonds. The number of carbonyl (C=O) groups excluding carboxylic acids is 1. The molecule has 1 heterocycles. The fraction of sp³-hybridized carbons (Fsp3) is 0.105. The Morgan fingerprint density at radius 1 is 1.04 bits per heavy atom. The molecule has 0 saturated carbocycles. The molecule has 0 aliphatic rings. The number of esters is 1. The zero-order valence-electron chi connectivity index (χ0n) is 13.2. The molecule has 3 aromatic rings. The first-order chi connectivity index (χ1) is 11.7. The second kappa shape index (κ2) is 7.19. The highest BCUT2D eigenvalue weighted by atomic mass is 32.1. The minimum absolute atomic E-state index is 0.289. The van der Waals surface area contributed by atoms with Crippen LogP contribution in [0.5, 0.6) is 0 Å². The van der Waals surface area contributed by atoms with E-state index in [1.165, 1.54) is 0 Å². The molecule has 0 aliphatic heterocycles. The maximum Gasteiger partial charge on any atom is 0.342 e. The van der Waals surface area contributed by atoms with E-state index in [4.69, 9.17) is 17.0 Å². The van der Waals surface area contributed by atoms with E-state index < -0.39 is 5.97 Å². The van der Waals surface area contributed by atoms with Crippen LogP contribution in [0.15, 0.2) is 60.7 Å². The molecule has 2 aromatic carbocycles. The Morgan fingerprint density at radius 3 is 2.21 bits per heavy atom. The van der Waals surface area contributed by atoms with Crippen LogP contribution in [0.1, 0.15) is 17.3 Å². The van der Waals surface area contributed by atoms with E-state index in [1.807, 2.05) is 60.7 Å². The van der Waals surface area contributed by atoms with Gasteiger partial charge in [-0.2, -0.15) is 0 Å². The molecule has 1 aromatic heterocycles. The molecule has 0 bridgehead atoms. The molecule has 120 valence electrons. The van der Waals surface area contributed by atoms with Gasteiger partial charge >= 0.3 is 5.97 Å². The lowest BCUT2D eigenvalue weighted by molar-refractivity contribution is 0.0527. The lowest BCUT2D eigenvalue weighted by Crippen LogP contribution is -2.11. The third-order valence-electron chi connectivity index (χ3n) is 3.52. The molecule has 0 radical (unpaired) electrons. The monoisotopic (exact) mass is 336 g/mol. The first kappa shape index (κ1) is 16.1. The summed E-state index contributed by atoms with van der Waals surface area (Å²) in [6.07, 6.45) is 0. The summed E-state index contributed by atoms with van der Waals surface area (Å²) >= 11 is 5.28. The summed E-state index contributed by atoms with van der Waals surface area (Å²) < 4.78 is 5.58. The van der Waals surface area contributed by atoms with Crippen LogP contribution in [0, 0.1) is 4.77 Å². The molecular formula is C19H16N2O2S. The van der Waals surface area contributed by atoms with Crippen molar-refractivity contribution in [2.45, 2.75) is 6.92 Å². The number of ether oxygens (including phenoxy) is 1. The van der Waals surface area contributed by atoms with Crippen LogP contribution in [0.4, 0.5) is 0 Å². The van der Waals surface area contributed by atoms with E-state index in [0.717, 1.165) is 11.1 Å². The largest absolute Gasteiger partial charge is 0.462 e. The quantitative estimate of drug-likeness (QED) is 0.556. The van der Waals surface area contributed by atoms with Crippen LogP contribution < -0.4 is 0 Å². The van der Waals surface area contributed by atoms with Gasteiger partial charge in [0.05, 0.1) is 18.0 Å². The van der Waals surface area contributed by atoms with E-state index in [0.29, 0.717) is 21.7 Å². The van der Waals surface area contributed by atoms with Crippen molar-refractivity contribution < 1.29 is 9.53 Å². The summed E-state index contributed by atoms with van der Waals surface area (Å²) in [5, 5.41) is 0. The van der Waals surface area contributed by atoms with Gasteiger partial charge in [-0.25, -0.2) is 9.78 Å². The van der Waals surface area contributed by atoms with Crippen molar-refractivity contribution in [3.05, 3.63) is 71.0 Å². The average molecular weight is 336 g/mol. The van der Waals surface area contributed by atoms with Crippen molar-refractivity contribution in [2.24, 2.45) is 0 Å². The normalized spacial score (nSPS) is 10.4. The minimum Gasteiger partial charge on any atom is -0.462 e. The number of carbonyl (C=O) groups is 1. The zero-order valence-corrected chi connectivity index (χ0v) is 14.0. The highest BCUT2D eigenvalue weighted by Gasteiger charge is 2.22. The van der Waals surface area contributed by atoms with Crippen LogP contribution in [0.3, 0.4) is 0 Å². The molecule has 4 nitrogen and oxygen atoms in total. The molecule has 3 rings (SSSR count). The Morgan fingerprint density at radius 2 is 1.62 bits per heavy atom. The number of nitrogens with zero attached hydrogens (tertiary/aromatic N) is 1. The average Bonchev–Trinajstić information content (AvgIpc) is 2.62. The van der Waals surface area contributed by atoms with Crippen LogP contribution in [-0.4, -0.2) is 22.5 Å². The van der Waals surface area contributed by atoms with Crippen LogP contribution in [-0.2, 0) is 4.74 Å². The first-order valence-electron chi connectivity index (χ1n) is 7.63. The molecule has 0 aliphatic carbocycles. The maximum atomic E-state index is 12.6. The first-order valence-corrected chi connectivity index (χ1v) is 8.03. The number of rotatable bonds is 4. The Kier molecular flexibility index (Phi) is 4.82. The lowest BCUT2D eigenvalue weighted by Gasteiger charge is -2.13. The number of aromatic amines is 1. The van der Waals surface area contributed by atoms with Crippen molar-refractivity contribution in [3.8, 4) is 22.5 Å². The Balaban J connectivity index is 2.31. The lowest BCUT2D eigenvalue weighted by atomic mass is 10.0. The molecule has 0 saturated heterocycles. The van der Waals surface area contributed by atoms with Crippen LogP contribution >= 0.6 is 12.2 Å². The summed E-state index contributed by atoms with van der Waals surface area (Å²) in [5.74, 6) is -0.422. The van der Waals surface area contributed by atoms with Gasteiger partial charge in [-0.1, -0.05) is 60.7 Å². The van der Waals surface area contributed by atoms with Gasteiger partial charge in [-0.15, -0.1) is 0 Å². The number of nitrogens with one attached hydrogen (secondary N) is 1. The number of H-pyrrole nitrogens is 1. The second-order valence-electron chi connectivity index (χ2n) is 5.09. The Hall–Kier alpha value is -2.79. The molecule has 0 unspecified atom stereocenters. The van der Waals surface area contributed by atoms with Crippen LogP contribution in [0.2, 0.25) is 0 Å². The van der Waals surface area contributed by atoms with Gasteiger partial charge in [0.25, 0.3) is 0 Å². The number of benzene rings is 2. The Labute approximate surface area is 145 Å². The topological polar surface area (TPSA) is 55.0 Å². The Bertz CT molecular complexity index is 842. The fourth-order valence-electron chi connectivity index (χ4n) is 2.50. The smallest absolute Gasteiger partial charge is 0.342 e. The van der Waals surface area contributed by atoms with E-state index in [2.05, 4.69) is 9.97 Å². The minimum atomic E-state index is -0.422. The van der Waals surface area contributed by atoms with Gasteiger partial charge in [-0.3, -0.25) is 0 Å². The van der Waals surface area contributed by atoms with Gasteiger partial charge in [0.2, 0.25) is 0 Å². The molecule has 0 fully saturated rings. The fourth-order valence-corrected chi connectivity index (χ4v) is 2.69. The predicted molar refractivity (Wildman–Crippen MR) is 96.3 cm³/mol. The van der Waals surface area contributed by atoms with Crippen LogP contribution in [0.25, 0.3) is 22.5 Å². The van der Waals surface area contributed by atoms with E-state index in [9.17, 15) is 4.79 Å². The standard InChI is InChI=1S/C19H16N2O2S/c1-2-23-18(22)15-16(13-9-5-3-6-10-13)20-19(24)21-17(15)14-11-7-4-8-12-14/h3-12H,2H2,1H3,(H,20,21,24). The van der Waals surface area contributed by atoms with Crippen molar-refractivity contribution in [1.29, 1.82) is 0 Å². The summed E-state index contributed by atoms with van der Waals surface area (Å²) in [7, 11) is 0. The van der Waals surface area contributed by atoms with E-state index >= 15 is 0 Å². The zero-order chi connectivity index (χ0) is 16.9. The van der Waals surface area contributed by atoms with Gasteiger partial charge < -0.3 is 9.72 Å².